The van der Waals surface area contributed by atoms with Crippen molar-refractivity contribution in [3.05, 3.63) is 30.1 Å². The molecule has 0 amide bonds. The van der Waals surface area contributed by atoms with Crippen LogP contribution in [0.4, 0.5) is 5.69 Å². The molecule has 0 bridgehead atoms. The van der Waals surface area contributed by atoms with Crippen molar-refractivity contribution in [2.24, 2.45) is 7.05 Å². The molecule has 25 heavy (non-hydrogen) atoms. The number of aryl methyl sites for hydroxylation is 2. The molecular formula is C18H25N7. The molecule has 1 fully saturated rings. The molecule has 0 N–H and O–H groups in total. The topological polar surface area (TPSA) is 64.7 Å². The Morgan fingerprint density at radius 3 is 2.68 bits per heavy atom. The van der Waals surface area contributed by atoms with Gasteiger partial charge in [0.15, 0.2) is 5.65 Å². The number of rotatable bonds is 3. The fourth-order valence-electron chi connectivity index (χ4n) is 3.94. The van der Waals surface area contributed by atoms with Crippen molar-refractivity contribution in [3.63, 3.8) is 0 Å². The number of piperidine rings is 1. The van der Waals surface area contributed by atoms with Crippen molar-refractivity contribution in [1.82, 2.24) is 29.5 Å². The molecule has 0 saturated carbocycles. The van der Waals surface area contributed by atoms with Crippen molar-refractivity contribution in [1.29, 1.82) is 0 Å². The third-order valence-electron chi connectivity index (χ3n) is 5.24. The van der Waals surface area contributed by atoms with Gasteiger partial charge >= 0.3 is 0 Å². The van der Waals surface area contributed by atoms with E-state index in [1.54, 1.807) is 0 Å². The highest BCUT2D eigenvalue weighted by molar-refractivity contribution is 5.91. The summed E-state index contributed by atoms with van der Waals surface area (Å²) in [4.78, 5) is 6.96. The average Bonchev–Trinajstić information content (AvgIpc) is 3.21. The molecule has 7 heteroatoms. The summed E-state index contributed by atoms with van der Waals surface area (Å²) < 4.78 is 4.07. The highest BCUT2D eigenvalue weighted by Gasteiger charge is 2.26. The van der Waals surface area contributed by atoms with Crippen molar-refractivity contribution in [2.75, 3.05) is 18.0 Å². The van der Waals surface area contributed by atoms with Crippen LogP contribution >= 0.6 is 0 Å². The second kappa shape index (κ2) is 6.13. The summed E-state index contributed by atoms with van der Waals surface area (Å²) in [7, 11) is 1.96. The number of aromatic nitrogens is 6. The Balaban J connectivity index is 1.58. The van der Waals surface area contributed by atoms with Crippen LogP contribution in [0.5, 0.6) is 0 Å². The fourth-order valence-corrected chi connectivity index (χ4v) is 3.94. The van der Waals surface area contributed by atoms with Gasteiger partial charge in [-0.2, -0.15) is 5.10 Å². The lowest BCUT2D eigenvalue weighted by atomic mass is 9.95. The zero-order valence-corrected chi connectivity index (χ0v) is 15.3. The molecule has 7 nitrogen and oxygen atoms in total. The first kappa shape index (κ1) is 16.1. The Bertz CT molecular complexity index is 884. The van der Waals surface area contributed by atoms with Gasteiger partial charge in [0.2, 0.25) is 0 Å². The molecular weight excluding hydrogens is 314 g/mol. The minimum atomic E-state index is 0.404. The molecule has 132 valence electrons. The van der Waals surface area contributed by atoms with Gasteiger partial charge in [-0.25, -0.2) is 4.98 Å². The van der Waals surface area contributed by atoms with Gasteiger partial charge in [0.1, 0.15) is 12.2 Å². The molecule has 0 radical (unpaired) electrons. The van der Waals surface area contributed by atoms with E-state index < -0.39 is 0 Å². The predicted octanol–water partition coefficient (Wildman–Crippen LogP) is 2.83. The summed E-state index contributed by atoms with van der Waals surface area (Å²) in [6.45, 7) is 8.46. The molecule has 0 atom stereocenters. The van der Waals surface area contributed by atoms with E-state index in [0.29, 0.717) is 12.0 Å². The number of anilines is 1. The van der Waals surface area contributed by atoms with E-state index in [1.807, 2.05) is 24.3 Å². The minimum Gasteiger partial charge on any atom is -0.371 e. The zero-order valence-electron chi connectivity index (χ0n) is 15.3. The first-order chi connectivity index (χ1) is 12.1. The van der Waals surface area contributed by atoms with E-state index in [0.717, 1.165) is 43.1 Å². The Hall–Kier alpha value is -2.44. The standard InChI is InChI=1S/C18H25N7/c1-12(2)25-11-20-21-17(25)14-6-9-24(10-7-14)15-5-8-19-18-16(15)13(3)22-23(18)4/h5,8,11-12,14H,6-7,9-10H2,1-4H3. The Kier molecular flexibility index (Phi) is 3.94. The van der Waals surface area contributed by atoms with Crippen molar-refractivity contribution in [3.8, 4) is 0 Å². The Morgan fingerprint density at radius 1 is 1.20 bits per heavy atom. The summed E-state index contributed by atoms with van der Waals surface area (Å²) in [5.41, 5.74) is 3.25. The molecule has 1 aliphatic rings. The van der Waals surface area contributed by atoms with E-state index in [-0.39, 0.29) is 0 Å². The number of fused-ring (bicyclic) bond motifs is 1. The maximum absolute atomic E-state index is 4.54. The zero-order chi connectivity index (χ0) is 17.6. The first-order valence-electron chi connectivity index (χ1n) is 8.99. The normalized spacial score (nSPS) is 16.3. The van der Waals surface area contributed by atoms with Gasteiger partial charge in [-0.15, -0.1) is 10.2 Å². The third-order valence-corrected chi connectivity index (χ3v) is 5.24. The quantitative estimate of drug-likeness (QED) is 0.734. The Labute approximate surface area is 147 Å². The van der Waals surface area contributed by atoms with Crippen LogP contribution in [0.3, 0.4) is 0 Å². The van der Waals surface area contributed by atoms with Crippen molar-refractivity contribution < 1.29 is 0 Å². The van der Waals surface area contributed by atoms with E-state index in [1.165, 1.54) is 11.1 Å². The van der Waals surface area contributed by atoms with Gasteiger partial charge < -0.3 is 9.47 Å². The maximum Gasteiger partial charge on any atom is 0.159 e. The second-order valence-corrected chi connectivity index (χ2v) is 7.19. The largest absolute Gasteiger partial charge is 0.371 e. The summed E-state index contributed by atoms with van der Waals surface area (Å²) in [5.74, 6) is 1.61. The molecule has 1 saturated heterocycles. The lowest BCUT2D eigenvalue weighted by Gasteiger charge is -2.34. The van der Waals surface area contributed by atoms with Gasteiger partial charge in [0, 0.05) is 38.3 Å². The molecule has 0 unspecified atom stereocenters. The van der Waals surface area contributed by atoms with Gasteiger partial charge in [0.05, 0.1) is 16.8 Å². The first-order valence-corrected chi connectivity index (χ1v) is 8.99. The van der Waals surface area contributed by atoms with Crippen LogP contribution in [0.2, 0.25) is 0 Å². The molecule has 1 aliphatic heterocycles. The summed E-state index contributed by atoms with van der Waals surface area (Å²) in [6.07, 6.45) is 5.93. The number of hydrogen-bond acceptors (Lipinski definition) is 5. The Morgan fingerprint density at radius 2 is 1.96 bits per heavy atom. The van der Waals surface area contributed by atoms with Gasteiger partial charge in [0.25, 0.3) is 0 Å². The van der Waals surface area contributed by atoms with Gasteiger partial charge in [-0.05, 0) is 39.7 Å². The van der Waals surface area contributed by atoms with E-state index in [2.05, 4.69) is 56.6 Å². The van der Waals surface area contributed by atoms with Crippen molar-refractivity contribution in [2.45, 2.75) is 45.6 Å². The lowest BCUT2D eigenvalue weighted by Crippen LogP contribution is -2.34. The minimum absolute atomic E-state index is 0.404. The highest BCUT2D eigenvalue weighted by atomic mass is 15.3. The summed E-state index contributed by atoms with van der Waals surface area (Å²) in [6, 6.07) is 2.52. The molecule has 3 aromatic heterocycles. The summed E-state index contributed by atoms with van der Waals surface area (Å²) >= 11 is 0. The van der Waals surface area contributed by atoms with Crippen LogP contribution in [-0.4, -0.2) is 42.6 Å². The molecule has 0 aliphatic carbocycles. The van der Waals surface area contributed by atoms with E-state index in [4.69, 9.17) is 0 Å². The number of hydrogen-bond donors (Lipinski definition) is 0. The number of pyridine rings is 1. The smallest absolute Gasteiger partial charge is 0.159 e. The van der Waals surface area contributed by atoms with Gasteiger partial charge in [-0.3, -0.25) is 4.68 Å². The van der Waals surface area contributed by atoms with Crippen LogP contribution in [0.15, 0.2) is 18.6 Å². The van der Waals surface area contributed by atoms with Crippen LogP contribution in [0, 0.1) is 6.92 Å². The average molecular weight is 339 g/mol. The van der Waals surface area contributed by atoms with Crippen LogP contribution in [0.1, 0.15) is 50.2 Å². The van der Waals surface area contributed by atoms with E-state index >= 15 is 0 Å². The molecule has 0 aromatic carbocycles. The fraction of sp³-hybridized carbons (Fsp3) is 0.556. The lowest BCUT2D eigenvalue weighted by molar-refractivity contribution is 0.449. The summed E-state index contributed by atoms with van der Waals surface area (Å²) in [5, 5.41) is 14.2. The molecule has 0 spiro atoms. The molecule has 4 rings (SSSR count). The predicted molar refractivity (Wildman–Crippen MR) is 97.8 cm³/mol. The maximum atomic E-state index is 4.54. The molecule has 4 heterocycles. The molecule has 3 aromatic rings. The highest BCUT2D eigenvalue weighted by Crippen LogP contribution is 2.34. The van der Waals surface area contributed by atoms with Crippen LogP contribution < -0.4 is 4.90 Å². The number of nitrogens with zero attached hydrogens (tertiary/aromatic N) is 7. The van der Waals surface area contributed by atoms with Crippen LogP contribution in [-0.2, 0) is 7.05 Å². The van der Waals surface area contributed by atoms with Gasteiger partial charge in [-0.1, -0.05) is 0 Å². The second-order valence-electron chi connectivity index (χ2n) is 7.19. The monoisotopic (exact) mass is 339 g/mol. The van der Waals surface area contributed by atoms with Crippen LogP contribution in [0.25, 0.3) is 11.0 Å². The van der Waals surface area contributed by atoms with E-state index in [9.17, 15) is 0 Å². The third kappa shape index (κ3) is 2.67. The SMILES string of the molecule is Cc1nn(C)c2nccc(N3CCC(c4nncn4C(C)C)CC3)c12. The van der Waals surface area contributed by atoms with Crippen molar-refractivity contribution >= 4 is 16.7 Å².